The Bertz CT molecular complexity index is 769. The number of anilines is 1. The molecule has 0 radical (unpaired) electrons. The third kappa shape index (κ3) is 3.70. The molecule has 2 aliphatic heterocycles. The number of hydrogen-bond acceptors (Lipinski definition) is 4. The van der Waals surface area contributed by atoms with E-state index in [4.69, 9.17) is 4.74 Å². The van der Waals surface area contributed by atoms with Crippen LogP contribution in [0.4, 0.5) is 5.69 Å². The van der Waals surface area contributed by atoms with Gasteiger partial charge < -0.3 is 19.4 Å². The van der Waals surface area contributed by atoms with Gasteiger partial charge in [0.1, 0.15) is 5.75 Å². The Hall–Kier alpha value is -2.57. The van der Waals surface area contributed by atoms with Crippen molar-refractivity contribution in [3.63, 3.8) is 0 Å². The van der Waals surface area contributed by atoms with Crippen molar-refractivity contribution in [2.75, 3.05) is 44.2 Å². The lowest BCUT2D eigenvalue weighted by Gasteiger charge is -2.36. The van der Waals surface area contributed by atoms with Gasteiger partial charge >= 0.3 is 0 Å². The molecule has 0 aromatic heterocycles. The van der Waals surface area contributed by atoms with Crippen molar-refractivity contribution in [2.45, 2.75) is 26.2 Å². The molecule has 7 heteroatoms. The van der Waals surface area contributed by atoms with Gasteiger partial charge in [0, 0.05) is 45.1 Å². The van der Waals surface area contributed by atoms with E-state index in [1.54, 1.807) is 4.90 Å². The van der Waals surface area contributed by atoms with Crippen molar-refractivity contribution < 1.29 is 19.1 Å². The first-order chi connectivity index (χ1) is 13.6. The van der Waals surface area contributed by atoms with Crippen LogP contribution in [0.3, 0.4) is 0 Å². The first kappa shape index (κ1) is 18.8. The molecule has 7 nitrogen and oxygen atoms in total. The molecule has 1 aromatic rings. The topological polar surface area (TPSA) is 70.2 Å². The number of rotatable bonds is 5. The molecular formula is C21H27N3O4. The standard InChI is InChI=1S/C21H27N3O4/c1-2-28-18-6-4-3-5-17(18)24-14-16(13-19(24)25)21(27)23-11-9-22(10-12-23)20(26)15-7-8-15/h3-6,15-16H,2,7-14H2,1H3/t16-/m0/s1. The Labute approximate surface area is 165 Å². The SMILES string of the molecule is CCOc1ccccc1N1C[C@@H](C(=O)N2CCN(C(=O)C3CC3)CC2)CC1=O. The van der Waals surface area contributed by atoms with Crippen LogP contribution in [0.15, 0.2) is 24.3 Å². The van der Waals surface area contributed by atoms with E-state index in [1.165, 1.54) is 0 Å². The van der Waals surface area contributed by atoms with Crippen LogP contribution in [0.25, 0.3) is 0 Å². The van der Waals surface area contributed by atoms with Gasteiger partial charge in [-0.15, -0.1) is 0 Å². The van der Waals surface area contributed by atoms with E-state index in [1.807, 2.05) is 41.0 Å². The number of hydrogen-bond donors (Lipinski definition) is 0. The lowest BCUT2D eigenvalue weighted by Crippen LogP contribution is -2.52. The lowest BCUT2D eigenvalue weighted by atomic mass is 10.1. The fourth-order valence-corrected chi connectivity index (χ4v) is 4.06. The lowest BCUT2D eigenvalue weighted by molar-refractivity contribution is -0.142. The predicted octanol–water partition coefficient (Wildman–Crippen LogP) is 1.52. The number of ether oxygens (including phenoxy) is 1. The molecule has 3 aliphatic rings. The molecule has 4 rings (SSSR count). The summed E-state index contributed by atoms with van der Waals surface area (Å²) in [6.45, 7) is 5.10. The van der Waals surface area contributed by atoms with Crippen LogP contribution < -0.4 is 9.64 Å². The van der Waals surface area contributed by atoms with Gasteiger partial charge in [-0.05, 0) is 31.9 Å². The van der Waals surface area contributed by atoms with Crippen molar-refractivity contribution in [3.8, 4) is 5.75 Å². The molecule has 2 saturated heterocycles. The Kier molecular flexibility index (Phi) is 5.24. The molecule has 1 atom stereocenters. The van der Waals surface area contributed by atoms with Gasteiger partial charge in [-0.2, -0.15) is 0 Å². The second-order valence-corrected chi connectivity index (χ2v) is 7.73. The molecule has 1 saturated carbocycles. The normalized spacial score (nSPS) is 22.5. The quantitative estimate of drug-likeness (QED) is 0.771. The smallest absolute Gasteiger partial charge is 0.228 e. The van der Waals surface area contributed by atoms with Gasteiger partial charge in [-0.3, -0.25) is 14.4 Å². The van der Waals surface area contributed by atoms with E-state index in [0.29, 0.717) is 45.1 Å². The Morgan fingerprint density at radius 3 is 2.21 bits per heavy atom. The number of amides is 3. The molecule has 0 unspecified atom stereocenters. The van der Waals surface area contributed by atoms with Crippen LogP contribution in [-0.2, 0) is 14.4 Å². The highest BCUT2D eigenvalue weighted by molar-refractivity contribution is 6.01. The average Bonchev–Trinajstić information content (AvgIpc) is 3.50. The molecule has 0 N–H and O–H groups in total. The molecule has 3 amide bonds. The molecule has 28 heavy (non-hydrogen) atoms. The zero-order valence-corrected chi connectivity index (χ0v) is 16.3. The van der Waals surface area contributed by atoms with Crippen LogP contribution in [0, 0.1) is 11.8 Å². The second-order valence-electron chi connectivity index (χ2n) is 7.73. The molecule has 1 aliphatic carbocycles. The van der Waals surface area contributed by atoms with Gasteiger partial charge in [0.25, 0.3) is 0 Å². The summed E-state index contributed by atoms with van der Waals surface area (Å²) in [5.74, 6) is 0.748. The maximum absolute atomic E-state index is 13.0. The summed E-state index contributed by atoms with van der Waals surface area (Å²) in [6, 6.07) is 7.45. The summed E-state index contributed by atoms with van der Waals surface area (Å²) in [4.78, 5) is 43.1. The Balaban J connectivity index is 1.37. The third-order valence-corrected chi connectivity index (χ3v) is 5.76. The fraction of sp³-hybridized carbons (Fsp3) is 0.571. The van der Waals surface area contributed by atoms with E-state index in [2.05, 4.69) is 0 Å². The number of nitrogens with zero attached hydrogens (tertiary/aromatic N) is 3. The highest BCUT2D eigenvalue weighted by Gasteiger charge is 2.40. The van der Waals surface area contributed by atoms with Gasteiger partial charge in [0.05, 0.1) is 18.2 Å². The van der Waals surface area contributed by atoms with Crippen molar-refractivity contribution >= 4 is 23.4 Å². The second kappa shape index (κ2) is 7.81. The van der Waals surface area contributed by atoms with Gasteiger partial charge in [0.15, 0.2) is 0 Å². The highest BCUT2D eigenvalue weighted by atomic mass is 16.5. The van der Waals surface area contributed by atoms with Crippen LogP contribution in [0.5, 0.6) is 5.75 Å². The average molecular weight is 385 g/mol. The third-order valence-electron chi connectivity index (χ3n) is 5.76. The number of piperazine rings is 1. The summed E-state index contributed by atoms with van der Waals surface area (Å²) in [7, 11) is 0. The van der Waals surface area contributed by atoms with E-state index in [-0.39, 0.29) is 36.0 Å². The molecule has 2 heterocycles. The minimum Gasteiger partial charge on any atom is -0.492 e. The molecule has 0 spiro atoms. The number of para-hydroxylation sites is 2. The summed E-state index contributed by atoms with van der Waals surface area (Å²) in [6.07, 6.45) is 2.23. The Morgan fingerprint density at radius 1 is 1.00 bits per heavy atom. The first-order valence-electron chi connectivity index (χ1n) is 10.2. The summed E-state index contributed by atoms with van der Waals surface area (Å²) in [5.41, 5.74) is 0.726. The van der Waals surface area contributed by atoms with E-state index >= 15 is 0 Å². The predicted molar refractivity (Wildman–Crippen MR) is 104 cm³/mol. The number of carbonyl (C=O) groups excluding carboxylic acids is 3. The van der Waals surface area contributed by atoms with Crippen LogP contribution in [-0.4, -0.2) is 66.9 Å². The van der Waals surface area contributed by atoms with E-state index < -0.39 is 0 Å². The number of benzene rings is 1. The first-order valence-corrected chi connectivity index (χ1v) is 10.2. The van der Waals surface area contributed by atoms with Gasteiger partial charge in [-0.25, -0.2) is 0 Å². The van der Waals surface area contributed by atoms with E-state index in [9.17, 15) is 14.4 Å². The maximum Gasteiger partial charge on any atom is 0.228 e. The molecule has 150 valence electrons. The van der Waals surface area contributed by atoms with Gasteiger partial charge in [-0.1, -0.05) is 12.1 Å². The molecule has 3 fully saturated rings. The van der Waals surface area contributed by atoms with Gasteiger partial charge in [0.2, 0.25) is 17.7 Å². The minimum atomic E-state index is -0.340. The molecule has 0 bridgehead atoms. The van der Waals surface area contributed by atoms with Crippen molar-refractivity contribution in [3.05, 3.63) is 24.3 Å². The minimum absolute atomic E-state index is 0.0169. The van der Waals surface area contributed by atoms with Crippen molar-refractivity contribution in [1.29, 1.82) is 0 Å². The Morgan fingerprint density at radius 2 is 1.61 bits per heavy atom. The molecular weight excluding hydrogens is 358 g/mol. The van der Waals surface area contributed by atoms with E-state index in [0.717, 1.165) is 18.5 Å². The molecule has 1 aromatic carbocycles. The zero-order chi connectivity index (χ0) is 19.7. The number of carbonyl (C=O) groups is 3. The van der Waals surface area contributed by atoms with Crippen LogP contribution >= 0.6 is 0 Å². The largest absolute Gasteiger partial charge is 0.492 e. The zero-order valence-electron chi connectivity index (χ0n) is 16.3. The van der Waals surface area contributed by atoms with Crippen LogP contribution in [0.1, 0.15) is 26.2 Å². The summed E-state index contributed by atoms with van der Waals surface area (Å²) >= 11 is 0. The summed E-state index contributed by atoms with van der Waals surface area (Å²) in [5, 5.41) is 0. The highest BCUT2D eigenvalue weighted by Crippen LogP contribution is 2.34. The monoisotopic (exact) mass is 385 g/mol. The fourth-order valence-electron chi connectivity index (χ4n) is 4.06. The maximum atomic E-state index is 13.0. The van der Waals surface area contributed by atoms with Crippen molar-refractivity contribution in [2.24, 2.45) is 11.8 Å². The summed E-state index contributed by atoms with van der Waals surface area (Å²) < 4.78 is 5.64. The van der Waals surface area contributed by atoms with Crippen molar-refractivity contribution in [1.82, 2.24) is 9.80 Å². The van der Waals surface area contributed by atoms with Crippen LogP contribution in [0.2, 0.25) is 0 Å².